The summed E-state index contributed by atoms with van der Waals surface area (Å²) < 4.78 is 1.42. The maximum absolute atomic E-state index is 12.8. The summed E-state index contributed by atoms with van der Waals surface area (Å²) in [6, 6.07) is 14.4. The Balaban J connectivity index is 1.75. The minimum absolute atomic E-state index is 0.0543. The van der Waals surface area contributed by atoms with Gasteiger partial charge in [-0.15, -0.1) is 5.10 Å². The monoisotopic (exact) mass is 422 g/mol. The zero-order chi connectivity index (χ0) is 22.5. The molecular formula is C22H26N6O3. The molecule has 0 spiro atoms. The number of rotatable bonds is 8. The van der Waals surface area contributed by atoms with Crippen LogP contribution >= 0.6 is 0 Å². The maximum Gasteiger partial charge on any atom is 0.274 e. The van der Waals surface area contributed by atoms with Gasteiger partial charge in [-0.25, -0.2) is 4.68 Å². The van der Waals surface area contributed by atoms with Crippen molar-refractivity contribution in [3.63, 3.8) is 0 Å². The van der Waals surface area contributed by atoms with Crippen LogP contribution < -0.4 is 5.32 Å². The molecule has 1 heterocycles. The molecule has 0 aliphatic rings. The van der Waals surface area contributed by atoms with Crippen LogP contribution in [0.1, 0.15) is 41.2 Å². The average Bonchev–Trinajstić information content (AvgIpc) is 3.14. The Morgan fingerprint density at radius 2 is 1.90 bits per heavy atom. The van der Waals surface area contributed by atoms with Crippen molar-refractivity contribution in [1.82, 2.24) is 25.2 Å². The molecule has 1 N–H and O–H groups in total. The second-order valence-electron chi connectivity index (χ2n) is 7.67. The zero-order valence-corrected chi connectivity index (χ0v) is 18.1. The molecule has 0 bridgehead atoms. The number of benzene rings is 2. The number of hydrogen-bond acceptors (Lipinski definition) is 6. The lowest BCUT2D eigenvalue weighted by molar-refractivity contribution is -0.384. The molecule has 31 heavy (non-hydrogen) atoms. The van der Waals surface area contributed by atoms with Crippen LogP contribution in [-0.2, 0) is 13.1 Å². The minimum Gasteiger partial charge on any atom is -0.346 e. The first-order valence-corrected chi connectivity index (χ1v) is 10.00. The molecule has 9 nitrogen and oxygen atoms in total. The fourth-order valence-electron chi connectivity index (χ4n) is 3.12. The van der Waals surface area contributed by atoms with Crippen molar-refractivity contribution in [3.05, 3.63) is 81.2 Å². The SMILES string of the molecule is Cc1c(C(=O)NCc2ccccc2CN(C)C(C)C)nnn1-c1cccc([N+](=O)[O-])c1. The fourth-order valence-corrected chi connectivity index (χ4v) is 3.12. The normalized spacial score (nSPS) is 11.2. The molecule has 0 radical (unpaired) electrons. The molecule has 0 saturated carbocycles. The van der Waals surface area contributed by atoms with Gasteiger partial charge in [-0.1, -0.05) is 35.5 Å². The third kappa shape index (κ3) is 5.13. The Bertz CT molecular complexity index is 1090. The highest BCUT2D eigenvalue weighted by atomic mass is 16.6. The molecule has 3 aromatic rings. The highest BCUT2D eigenvalue weighted by molar-refractivity contribution is 5.93. The van der Waals surface area contributed by atoms with Crippen LogP contribution in [0.4, 0.5) is 5.69 Å². The van der Waals surface area contributed by atoms with Crippen LogP contribution in [0.3, 0.4) is 0 Å². The Kier molecular flexibility index (Phi) is 6.76. The third-order valence-corrected chi connectivity index (χ3v) is 5.25. The van der Waals surface area contributed by atoms with Crippen molar-refractivity contribution in [2.75, 3.05) is 7.05 Å². The van der Waals surface area contributed by atoms with Gasteiger partial charge in [0.15, 0.2) is 5.69 Å². The largest absolute Gasteiger partial charge is 0.346 e. The lowest BCUT2D eigenvalue weighted by atomic mass is 10.1. The van der Waals surface area contributed by atoms with Gasteiger partial charge in [-0.05, 0) is 45.0 Å². The summed E-state index contributed by atoms with van der Waals surface area (Å²) in [7, 11) is 2.07. The van der Waals surface area contributed by atoms with Crippen molar-refractivity contribution in [2.24, 2.45) is 0 Å². The smallest absolute Gasteiger partial charge is 0.274 e. The maximum atomic E-state index is 12.8. The predicted molar refractivity (Wildman–Crippen MR) is 117 cm³/mol. The van der Waals surface area contributed by atoms with E-state index in [1.807, 2.05) is 18.2 Å². The van der Waals surface area contributed by atoms with Crippen molar-refractivity contribution < 1.29 is 9.72 Å². The summed E-state index contributed by atoms with van der Waals surface area (Å²) in [5.41, 5.74) is 3.29. The van der Waals surface area contributed by atoms with Crippen molar-refractivity contribution >= 4 is 11.6 Å². The molecular weight excluding hydrogens is 396 g/mol. The first-order valence-electron chi connectivity index (χ1n) is 10.00. The number of nitro groups is 1. The second-order valence-corrected chi connectivity index (χ2v) is 7.67. The number of aromatic nitrogens is 3. The number of carbonyl (C=O) groups excluding carboxylic acids is 1. The number of carbonyl (C=O) groups is 1. The highest BCUT2D eigenvalue weighted by Crippen LogP contribution is 2.18. The van der Waals surface area contributed by atoms with Gasteiger partial charge in [0, 0.05) is 31.3 Å². The van der Waals surface area contributed by atoms with E-state index in [0.29, 0.717) is 24.0 Å². The summed E-state index contributed by atoms with van der Waals surface area (Å²) in [5, 5.41) is 22.0. The van der Waals surface area contributed by atoms with E-state index in [0.717, 1.165) is 17.7 Å². The van der Waals surface area contributed by atoms with Crippen LogP contribution in [0, 0.1) is 17.0 Å². The number of amides is 1. The van der Waals surface area contributed by atoms with E-state index < -0.39 is 4.92 Å². The number of nitro benzene ring substituents is 1. The molecule has 0 fully saturated rings. The van der Waals surface area contributed by atoms with Crippen LogP contribution in [-0.4, -0.2) is 43.8 Å². The molecule has 0 aliphatic heterocycles. The third-order valence-electron chi connectivity index (χ3n) is 5.25. The van der Waals surface area contributed by atoms with Gasteiger partial charge in [-0.3, -0.25) is 19.8 Å². The standard InChI is InChI=1S/C22H26N6O3/c1-15(2)26(4)14-18-9-6-5-8-17(18)13-23-22(29)21-16(3)27(25-24-21)19-10-7-11-20(12-19)28(30)31/h5-12,15H,13-14H2,1-4H3,(H,23,29). The van der Waals surface area contributed by atoms with E-state index in [1.165, 1.54) is 16.8 Å². The van der Waals surface area contributed by atoms with Crippen LogP contribution in [0.5, 0.6) is 0 Å². The van der Waals surface area contributed by atoms with Gasteiger partial charge in [-0.2, -0.15) is 0 Å². The minimum atomic E-state index is -0.475. The summed E-state index contributed by atoms with van der Waals surface area (Å²) in [4.78, 5) is 25.5. The number of non-ortho nitro benzene ring substituents is 1. The molecule has 0 aliphatic carbocycles. The Hall–Kier alpha value is -3.59. The van der Waals surface area contributed by atoms with Gasteiger partial charge >= 0.3 is 0 Å². The lowest BCUT2D eigenvalue weighted by Crippen LogP contribution is -2.28. The van der Waals surface area contributed by atoms with E-state index in [4.69, 9.17) is 0 Å². The summed E-state index contributed by atoms with van der Waals surface area (Å²) in [6.45, 7) is 7.13. The summed E-state index contributed by atoms with van der Waals surface area (Å²) in [5.74, 6) is -0.346. The van der Waals surface area contributed by atoms with E-state index in [1.54, 1.807) is 19.1 Å². The molecule has 2 aromatic carbocycles. The topological polar surface area (TPSA) is 106 Å². The van der Waals surface area contributed by atoms with Crippen molar-refractivity contribution in [2.45, 2.75) is 39.9 Å². The molecule has 9 heteroatoms. The first kappa shape index (κ1) is 22.1. The number of nitrogens with one attached hydrogen (secondary N) is 1. The Morgan fingerprint density at radius 3 is 2.58 bits per heavy atom. The summed E-state index contributed by atoms with van der Waals surface area (Å²) in [6.07, 6.45) is 0. The van der Waals surface area contributed by atoms with Gasteiger partial charge in [0.25, 0.3) is 11.6 Å². The fraction of sp³-hybridized carbons (Fsp3) is 0.318. The van der Waals surface area contributed by atoms with Crippen molar-refractivity contribution in [3.8, 4) is 5.69 Å². The number of nitrogens with zero attached hydrogens (tertiary/aromatic N) is 5. The Labute approximate surface area is 180 Å². The molecule has 1 aromatic heterocycles. The Morgan fingerprint density at radius 1 is 1.19 bits per heavy atom. The first-order chi connectivity index (χ1) is 14.8. The predicted octanol–water partition coefficient (Wildman–Crippen LogP) is 3.25. The van der Waals surface area contributed by atoms with Crippen LogP contribution in [0.25, 0.3) is 5.69 Å². The van der Waals surface area contributed by atoms with Gasteiger partial charge in [0.2, 0.25) is 0 Å². The molecule has 0 saturated heterocycles. The van der Waals surface area contributed by atoms with E-state index >= 15 is 0 Å². The van der Waals surface area contributed by atoms with E-state index in [2.05, 4.69) is 47.5 Å². The number of hydrogen-bond donors (Lipinski definition) is 1. The van der Waals surface area contributed by atoms with Crippen LogP contribution in [0.2, 0.25) is 0 Å². The molecule has 0 atom stereocenters. The lowest BCUT2D eigenvalue weighted by Gasteiger charge is -2.22. The van der Waals surface area contributed by atoms with Gasteiger partial charge in [0.05, 0.1) is 16.3 Å². The van der Waals surface area contributed by atoms with Crippen LogP contribution in [0.15, 0.2) is 48.5 Å². The molecule has 1 amide bonds. The molecule has 3 rings (SSSR count). The quantitative estimate of drug-likeness (QED) is 0.441. The van der Waals surface area contributed by atoms with Gasteiger partial charge in [0.1, 0.15) is 0 Å². The van der Waals surface area contributed by atoms with E-state index in [9.17, 15) is 14.9 Å². The van der Waals surface area contributed by atoms with Crippen molar-refractivity contribution in [1.29, 1.82) is 0 Å². The van der Waals surface area contributed by atoms with E-state index in [-0.39, 0.29) is 17.3 Å². The second kappa shape index (κ2) is 9.48. The molecule has 0 unspecified atom stereocenters. The zero-order valence-electron chi connectivity index (χ0n) is 18.1. The highest BCUT2D eigenvalue weighted by Gasteiger charge is 2.19. The molecule has 162 valence electrons. The summed E-state index contributed by atoms with van der Waals surface area (Å²) >= 11 is 0. The average molecular weight is 422 g/mol. The van der Waals surface area contributed by atoms with Gasteiger partial charge < -0.3 is 5.32 Å².